The molecule has 0 unspecified atom stereocenters. The number of benzene rings is 1. The Morgan fingerprint density at radius 2 is 2.05 bits per heavy atom. The zero-order valence-electron chi connectivity index (χ0n) is 11.6. The van der Waals surface area contributed by atoms with Crippen LogP contribution >= 0.6 is 0 Å². The molecule has 0 aliphatic carbocycles. The summed E-state index contributed by atoms with van der Waals surface area (Å²) in [6.07, 6.45) is 1.44. The number of aromatic nitrogens is 1. The lowest BCUT2D eigenvalue weighted by Crippen LogP contribution is -2.03. The fourth-order valence-corrected chi connectivity index (χ4v) is 1.77. The minimum Gasteiger partial charge on any atom is -0.497 e. The zero-order chi connectivity index (χ0) is 15.2. The highest BCUT2D eigenvalue weighted by Crippen LogP contribution is 2.28. The van der Waals surface area contributed by atoms with E-state index in [-0.39, 0.29) is 18.2 Å². The van der Waals surface area contributed by atoms with E-state index in [4.69, 9.17) is 14.2 Å². The van der Waals surface area contributed by atoms with Crippen molar-refractivity contribution in [3.63, 3.8) is 0 Å². The Bertz CT molecular complexity index is 645. The van der Waals surface area contributed by atoms with Crippen LogP contribution in [0, 0.1) is 10.1 Å². The van der Waals surface area contributed by atoms with Gasteiger partial charge >= 0.3 is 5.69 Å². The molecule has 0 radical (unpaired) electrons. The first kappa shape index (κ1) is 14.6. The third kappa shape index (κ3) is 3.38. The van der Waals surface area contributed by atoms with E-state index >= 15 is 0 Å². The van der Waals surface area contributed by atoms with Crippen molar-refractivity contribution >= 4 is 5.69 Å². The van der Waals surface area contributed by atoms with Crippen LogP contribution < -0.4 is 14.2 Å². The van der Waals surface area contributed by atoms with Crippen LogP contribution in [0.4, 0.5) is 5.69 Å². The predicted molar refractivity (Wildman–Crippen MR) is 74.8 cm³/mol. The molecule has 7 nitrogen and oxygen atoms in total. The minimum absolute atomic E-state index is 0.0348. The quantitative estimate of drug-likeness (QED) is 0.600. The van der Waals surface area contributed by atoms with E-state index in [1.54, 1.807) is 25.3 Å². The molecule has 0 saturated heterocycles. The molecular weight excluding hydrogens is 276 g/mol. The van der Waals surface area contributed by atoms with Gasteiger partial charge in [-0.05, 0) is 24.3 Å². The average molecular weight is 290 g/mol. The largest absolute Gasteiger partial charge is 0.497 e. The highest BCUT2D eigenvalue weighted by Gasteiger charge is 2.16. The molecular formula is C14H14N2O5. The first-order chi connectivity index (χ1) is 10.2. The van der Waals surface area contributed by atoms with Crippen LogP contribution in [0.2, 0.25) is 0 Å². The van der Waals surface area contributed by atoms with E-state index in [1.165, 1.54) is 25.4 Å². The number of hydrogen-bond acceptors (Lipinski definition) is 6. The standard InChI is InChI=1S/C14H14N2O5/c1-19-11-5-6-13(20-2)10(8-11)9-21-14-12(16(17)18)4-3-7-15-14/h3-8H,9H2,1-2H3. The first-order valence-corrected chi connectivity index (χ1v) is 6.09. The van der Waals surface area contributed by atoms with Crippen molar-refractivity contribution in [2.75, 3.05) is 14.2 Å². The molecule has 0 fully saturated rings. The number of methoxy groups -OCH3 is 2. The van der Waals surface area contributed by atoms with E-state index in [0.717, 1.165) is 0 Å². The van der Waals surface area contributed by atoms with E-state index in [9.17, 15) is 10.1 Å². The van der Waals surface area contributed by atoms with Gasteiger partial charge in [0.25, 0.3) is 5.88 Å². The molecule has 1 heterocycles. The Morgan fingerprint density at radius 3 is 2.71 bits per heavy atom. The Balaban J connectivity index is 2.22. The molecule has 0 spiro atoms. The summed E-state index contributed by atoms with van der Waals surface area (Å²) in [6, 6.07) is 8.06. The number of ether oxygens (including phenoxy) is 3. The summed E-state index contributed by atoms with van der Waals surface area (Å²) < 4.78 is 15.8. The summed E-state index contributed by atoms with van der Waals surface area (Å²) in [4.78, 5) is 14.2. The van der Waals surface area contributed by atoms with Crippen molar-refractivity contribution in [1.82, 2.24) is 4.98 Å². The molecule has 0 saturated carbocycles. The third-order valence-electron chi connectivity index (χ3n) is 2.80. The molecule has 0 aliphatic rings. The van der Waals surface area contributed by atoms with Crippen molar-refractivity contribution in [2.45, 2.75) is 6.61 Å². The molecule has 0 bridgehead atoms. The van der Waals surface area contributed by atoms with Gasteiger partial charge in [-0.1, -0.05) is 0 Å². The normalized spacial score (nSPS) is 10.0. The highest BCUT2D eigenvalue weighted by atomic mass is 16.6. The van der Waals surface area contributed by atoms with Gasteiger partial charge in [-0.25, -0.2) is 4.98 Å². The van der Waals surface area contributed by atoms with E-state index in [1.807, 2.05) is 0 Å². The van der Waals surface area contributed by atoms with E-state index < -0.39 is 4.92 Å². The first-order valence-electron chi connectivity index (χ1n) is 6.09. The van der Waals surface area contributed by atoms with Crippen molar-refractivity contribution in [3.05, 3.63) is 52.2 Å². The maximum Gasteiger partial charge on any atom is 0.330 e. The maximum atomic E-state index is 10.9. The number of nitrogens with zero attached hydrogens (tertiary/aromatic N) is 2. The Morgan fingerprint density at radius 1 is 1.24 bits per heavy atom. The molecule has 0 N–H and O–H groups in total. The van der Waals surface area contributed by atoms with E-state index in [0.29, 0.717) is 17.1 Å². The van der Waals surface area contributed by atoms with Crippen LogP contribution in [0.3, 0.4) is 0 Å². The van der Waals surface area contributed by atoms with Gasteiger partial charge in [-0.2, -0.15) is 0 Å². The number of nitro groups is 1. The molecule has 21 heavy (non-hydrogen) atoms. The lowest BCUT2D eigenvalue weighted by Gasteiger charge is -2.11. The SMILES string of the molecule is COc1ccc(OC)c(COc2ncccc2[N+](=O)[O-])c1. The van der Waals surface area contributed by atoms with Gasteiger partial charge in [-0.15, -0.1) is 0 Å². The molecule has 0 aliphatic heterocycles. The number of pyridine rings is 1. The average Bonchev–Trinajstić information content (AvgIpc) is 2.52. The summed E-state index contributed by atoms with van der Waals surface area (Å²) in [5, 5.41) is 10.9. The van der Waals surface area contributed by atoms with Gasteiger partial charge in [0.15, 0.2) is 0 Å². The van der Waals surface area contributed by atoms with Crippen LogP contribution in [0.15, 0.2) is 36.5 Å². The van der Waals surface area contributed by atoms with Crippen LogP contribution in [0.1, 0.15) is 5.56 Å². The van der Waals surface area contributed by atoms with Crippen molar-refractivity contribution in [1.29, 1.82) is 0 Å². The van der Waals surface area contributed by atoms with Gasteiger partial charge in [-0.3, -0.25) is 10.1 Å². The second kappa shape index (κ2) is 6.56. The molecule has 1 aromatic heterocycles. The van der Waals surface area contributed by atoms with Crippen molar-refractivity contribution < 1.29 is 19.1 Å². The fraction of sp³-hybridized carbons (Fsp3) is 0.214. The second-order valence-electron chi connectivity index (χ2n) is 4.05. The molecule has 2 aromatic rings. The number of rotatable bonds is 6. The van der Waals surface area contributed by atoms with Crippen LogP contribution in [0.5, 0.6) is 17.4 Å². The lowest BCUT2D eigenvalue weighted by molar-refractivity contribution is -0.386. The zero-order valence-corrected chi connectivity index (χ0v) is 11.6. The molecule has 2 rings (SSSR count). The smallest absolute Gasteiger partial charge is 0.330 e. The summed E-state index contributed by atoms with van der Waals surface area (Å²) >= 11 is 0. The molecule has 7 heteroatoms. The van der Waals surface area contributed by atoms with Crippen LogP contribution in [0.25, 0.3) is 0 Å². The van der Waals surface area contributed by atoms with Crippen LogP contribution in [-0.2, 0) is 6.61 Å². The number of hydrogen-bond donors (Lipinski definition) is 0. The topological polar surface area (TPSA) is 83.7 Å². The molecule has 1 aromatic carbocycles. The fourth-order valence-electron chi connectivity index (χ4n) is 1.77. The maximum absolute atomic E-state index is 10.9. The van der Waals surface area contributed by atoms with Gasteiger partial charge in [0, 0.05) is 17.8 Å². The molecule has 0 amide bonds. The summed E-state index contributed by atoms with van der Waals surface area (Å²) in [6.45, 7) is 0.0816. The van der Waals surface area contributed by atoms with Crippen molar-refractivity contribution in [3.8, 4) is 17.4 Å². The Hall–Kier alpha value is -2.83. The highest BCUT2D eigenvalue weighted by molar-refractivity contribution is 5.42. The molecule has 110 valence electrons. The minimum atomic E-state index is -0.537. The Kier molecular flexibility index (Phi) is 4.55. The van der Waals surface area contributed by atoms with Gasteiger partial charge in [0.2, 0.25) is 0 Å². The second-order valence-corrected chi connectivity index (χ2v) is 4.05. The van der Waals surface area contributed by atoms with E-state index in [2.05, 4.69) is 4.98 Å². The summed E-state index contributed by atoms with van der Waals surface area (Å²) in [7, 11) is 3.09. The monoisotopic (exact) mass is 290 g/mol. The van der Waals surface area contributed by atoms with Crippen molar-refractivity contribution in [2.24, 2.45) is 0 Å². The Labute approximate surface area is 121 Å². The molecule has 0 atom stereocenters. The summed E-state index contributed by atoms with van der Waals surface area (Å²) in [5.41, 5.74) is 0.524. The lowest BCUT2D eigenvalue weighted by atomic mass is 10.2. The summed E-state index contributed by atoms with van der Waals surface area (Å²) in [5.74, 6) is 1.21. The van der Waals surface area contributed by atoms with Gasteiger partial charge < -0.3 is 14.2 Å². The third-order valence-corrected chi connectivity index (χ3v) is 2.80. The van der Waals surface area contributed by atoms with Gasteiger partial charge in [0.05, 0.1) is 19.1 Å². The predicted octanol–water partition coefficient (Wildman–Crippen LogP) is 2.59. The van der Waals surface area contributed by atoms with Crippen LogP contribution in [-0.4, -0.2) is 24.1 Å². The van der Waals surface area contributed by atoms with Gasteiger partial charge in [0.1, 0.15) is 18.1 Å².